The third-order valence-electron chi connectivity index (χ3n) is 4.50. The van der Waals surface area contributed by atoms with Crippen molar-refractivity contribution in [1.82, 2.24) is 10.2 Å². The molecule has 2 aromatic carbocycles. The van der Waals surface area contributed by atoms with Crippen molar-refractivity contribution in [2.45, 2.75) is 31.7 Å². The number of benzene rings is 2. The molecule has 3 rings (SSSR count). The molecule has 0 spiro atoms. The Hall–Kier alpha value is -2.37. The first-order chi connectivity index (χ1) is 12.2. The van der Waals surface area contributed by atoms with Crippen LogP contribution in [-0.2, 0) is 17.9 Å². The quantitative estimate of drug-likeness (QED) is 0.848. The van der Waals surface area contributed by atoms with Crippen LogP contribution in [0.25, 0.3) is 0 Å². The molecular formula is C20H24N2O3. The van der Waals surface area contributed by atoms with Gasteiger partial charge in [0, 0.05) is 25.2 Å². The summed E-state index contributed by atoms with van der Waals surface area (Å²) < 4.78 is 5.28. The molecule has 25 heavy (non-hydrogen) atoms. The van der Waals surface area contributed by atoms with Crippen molar-refractivity contribution >= 4 is 6.09 Å². The topological polar surface area (TPSA) is 61.8 Å². The van der Waals surface area contributed by atoms with Gasteiger partial charge in [0.05, 0.1) is 6.61 Å². The minimum absolute atomic E-state index is 0.0101. The molecule has 1 fully saturated rings. The Kier molecular flexibility index (Phi) is 6.04. The van der Waals surface area contributed by atoms with Gasteiger partial charge in [0.25, 0.3) is 0 Å². The van der Waals surface area contributed by atoms with E-state index in [1.54, 1.807) is 0 Å². The van der Waals surface area contributed by atoms with Crippen molar-refractivity contribution < 1.29 is 14.6 Å². The van der Waals surface area contributed by atoms with Crippen molar-refractivity contribution in [3.05, 3.63) is 71.8 Å². The van der Waals surface area contributed by atoms with E-state index in [2.05, 4.69) is 22.3 Å². The smallest absolute Gasteiger partial charge is 0.407 e. The summed E-state index contributed by atoms with van der Waals surface area (Å²) in [6.45, 7) is 1.82. The standard InChI is InChI=1S/C20H24N2O3/c23-14-19-11-18(13-22(19)12-16-7-3-1-4-8-16)21-20(24)25-15-17-9-5-2-6-10-17/h1-10,18-19,23H,11-15H2,(H,21,24)/t18-,19-/m0/s1. The summed E-state index contributed by atoms with van der Waals surface area (Å²) in [4.78, 5) is 14.2. The molecule has 1 aliphatic heterocycles. The van der Waals surface area contributed by atoms with E-state index in [0.717, 1.165) is 18.5 Å². The van der Waals surface area contributed by atoms with Gasteiger partial charge in [-0.2, -0.15) is 0 Å². The first kappa shape index (κ1) is 17.5. The molecule has 1 saturated heterocycles. The van der Waals surface area contributed by atoms with Gasteiger partial charge in [-0.1, -0.05) is 60.7 Å². The molecule has 0 aromatic heterocycles. The zero-order chi connectivity index (χ0) is 17.5. The highest BCUT2D eigenvalue weighted by molar-refractivity contribution is 5.67. The SMILES string of the molecule is O=C(N[C@H]1C[C@@H](CO)N(Cc2ccccc2)C1)OCc1ccccc1. The number of hydrogen-bond donors (Lipinski definition) is 2. The lowest BCUT2D eigenvalue weighted by molar-refractivity contribution is 0.135. The monoisotopic (exact) mass is 340 g/mol. The predicted molar refractivity (Wildman–Crippen MR) is 95.9 cm³/mol. The van der Waals surface area contributed by atoms with Crippen molar-refractivity contribution in [2.75, 3.05) is 13.2 Å². The molecule has 2 aromatic rings. The Bertz CT molecular complexity index is 663. The summed E-state index contributed by atoms with van der Waals surface area (Å²) in [6.07, 6.45) is 0.316. The second-order valence-electron chi connectivity index (χ2n) is 6.39. The average molecular weight is 340 g/mol. The number of ether oxygens (including phenoxy) is 1. The van der Waals surface area contributed by atoms with Crippen LogP contribution in [-0.4, -0.2) is 41.3 Å². The van der Waals surface area contributed by atoms with Gasteiger partial charge in [0.15, 0.2) is 0 Å². The number of aliphatic hydroxyl groups is 1. The van der Waals surface area contributed by atoms with E-state index in [1.165, 1.54) is 5.56 Å². The molecule has 1 aliphatic rings. The Morgan fingerprint density at radius 2 is 1.72 bits per heavy atom. The van der Waals surface area contributed by atoms with Crippen LogP contribution in [0, 0.1) is 0 Å². The highest BCUT2D eigenvalue weighted by Crippen LogP contribution is 2.20. The van der Waals surface area contributed by atoms with E-state index in [-0.39, 0.29) is 25.3 Å². The molecule has 0 unspecified atom stereocenters. The van der Waals surface area contributed by atoms with Gasteiger partial charge in [0.2, 0.25) is 0 Å². The molecule has 5 heteroatoms. The van der Waals surface area contributed by atoms with E-state index >= 15 is 0 Å². The van der Waals surface area contributed by atoms with E-state index in [9.17, 15) is 9.90 Å². The van der Waals surface area contributed by atoms with Crippen molar-refractivity contribution in [3.8, 4) is 0 Å². The number of carbonyl (C=O) groups is 1. The number of nitrogens with zero attached hydrogens (tertiary/aromatic N) is 1. The van der Waals surface area contributed by atoms with Gasteiger partial charge < -0.3 is 15.2 Å². The first-order valence-corrected chi connectivity index (χ1v) is 8.60. The van der Waals surface area contributed by atoms with Crippen LogP contribution in [0.5, 0.6) is 0 Å². The number of alkyl carbamates (subject to hydrolysis) is 1. The number of carbonyl (C=O) groups excluding carboxylic acids is 1. The summed E-state index contributed by atoms with van der Waals surface area (Å²) in [7, 11) is 0. The summed E-state index contributed by atoms with van der Waals surface area (Å²) in [5.74, 6) is 0. The average Bonchev–Trinajstić information content (AvgIpc) is 3.03. The third kappa shape index (κ3) is 5.05. The van der Waals surface area contributed by atoms with Crippen molar-refractivity contribution in [2.24, 2.45) is 0 Å². The van der Waals surface area contributed by atoms with E-state index in [0.29, 0.717) is 6.54 Å². The van der Waals surface area contributed by atoms with E-state index in [4.69, 9.17) is 4.74 Å². The largest absolute Gasteiger partial charge is 0.445 e. The second-order valence-corrected chi connectivity index (χ2v) is 6.39. The molecule has 0 aliphatic carbocycles. The highest BCUT2D eigenvalue weighted by atomic mass is 16.5. The number of aliphatic hydroxyl groups excluding tert-OH is 1. The molecule has 1 heterocycles. The maximum atomic E-state index is 12.0. The van der Waals surface area contributed by atoms with Crippen molar-refractivity contribution in [3.63, 3.8) is 0 Å². The molecule has 2 atom stereocenters. The normalized spacial score (nSPS) is 20.4. The van der Waals surface area contributed by atoms with Crippen LogP contribution < -0.4 is 5.32 Å². The Morgan fingerprint density at radius 3 is 2.36 bits per heavy atom. The molecular weight excluding hydrogens is 316 g/mol. The fourth-order valence-electron chi connectivity index (χ4n) is 3.22. The molecule has 0 radical (unpaired) electrons. The molecule has 5 nitrogen and oxygen atoms in total. The number of likely N-dealkylation sites (tertiary alicyclic amines) is 1. The maximum absolute atomic E-state index is 12.0. The van der Waals surface area contributed by atoms with Gasteiger partial charge in [-0.05, 0) is 17.5 Å². The summed E-state index contributed by atoms with van der Waals surface area (Å²) in [5, 5.41) is 12.5. The lowest BCUT2D eigenvalue weighted by atomic mass is 10.1. The fourth-order valence-corrected chi connectivity index (χ4v) is 3.22. The summed E-state index contributed by atoms with van der Waals surface area (Å²) >= 11 is 0. The minimum atomic E-state index is -0.410. The summed E-state index contributed by atoms with van der Waals surface area (Å²) in [6, 6.07) is 19.8. The molecule has 132 valence electrons. The van der Waals surface area contributed by atoms with Crippen LogP contribution >= 0.6 is 0 Å². The first-order valence-electron chi connectivity index (χ1n) is 8.60. The Morgan fingerprint density at radius 1 is 1.08 bits per heavy atom. The Labute approximate surface area is 148 Å². The van der Waals surface area contributed by atoms with E-state index in [1.807, 2.05) is 48.5 Å². The van der Waals surface area contributed by atoms with Crippen molar-refractivity contribution in [1.29, 1.82) is 0 Å². The third-order valence-corrected chi connectivity index (χ3v) is 4.50. The van der Waals surface area contributed by atoms with E-state index < -0.39 is 6.09 Å². The fraction of sp³-hybridized carbons (Fsp3) is 0.350. The molecule has 2 N–H and O–H groups in total. The van der Waals surface area contributed by atoms with Crippen LogP contribution in [0.15, 0.2) is 60.7 Å². The van der Waals surface area contributed by atoms with Gasteiger partial charge in [-0.15, -0.1) is 0 Å². The Balaban J connectivity index is 1.49. The van der Waals surface area contributed by atoms with Gasteiger partial charge in [-0.3, -0.25) is 4.90 Å². The molecule has 0 bridgehead atoms. The predicted octanol–water partition coefficient (Wildman–Crippen LogP) is 2.55. The second kappa shape index (κ2) is 8.65. The zero-order valence-electron chi connectivity index (χ0n) is 14.2. The lowest BCUT2D eigenvalue weighted by Gasteiger charge is -2.22. The number of nitrogens with one attached hydrogen (secondary N) is 1. The zero-order valence-corrected chi connectivity index (χ0v) is 14.2. The lowest BCUT2D eigenvalue weighted by Crippen LogP contribution is -2.37. The van der Waals surface area contributed by atoms with Gasteiger partial charge in [0.1, 0.15) is 6.61 Å². The van der Waals surface area contributed by atoms with Crippen LogP contribution in [0.1, 0.15) is 17.5 Å². The summed E-state index contributed by atoms with van der Waals surface area (Å²) in [5.41, 5.74) is 2.16. The number of amides is 1. The van der Waals surface area contributed by atoms with Gasteiger partial charge in [-0.25, -0.2) is 4.79 Å². The maximum Gasteiger partial charge on any atom is 0.407 e. The van der Waals surface area contributed by atoms with Crippen LogP contribution in [0.3, 0.4) is 0 Å². The number of rotatable bonds is 6. The molecule has 0 saturated carbocycles. The number of hydrogen-bond acceptors (Lipinski definition) is 4. The van der Waals surface area contributed by atoms with Gasteiger partial charge >= 0.3 is 6.09 Å². The van der Waals surface area contributed by atoms with Crippen LogP contribution in [0.4, 0.5) is 4.79 Å². The highest BCUT2D eigenvalue weighted by Gasteiger charge is 2.32. The molecule has 1 amide bonds. The van der Waals surface area contributed by atoms with Crippen LogP contribution in [0.2, 0.25) is 0 Å². The minimum Gasteiger partial charge on any atom is -0.445 e.